The van der Waals surface area contributed by atoms with E-state index in [1.165, 1.54) is 37.3 Å². The lowest BCUT2D eigenvalue weighted by atomic mass is 9.82. The molecule has 0 spiro atoms. The van der Waals surface area contributed by atoms with E-state index in [1.54, 1.807) is 0 Å². The Morgan fingerprint density at radius 1 is 1.05 bits per heavy atom. The molecule has 0 saturated heterocycles. The van der Waals surface area contributed by atoms with Crippen LogP contribution in [0.1, 0.15) is 54.1 Å². The third kappa shape index (κ3) is 8.99. The molecule has 1 aliphatic rings. The number of hydrogen-bond acceptors (Lipinski definition) is 8. The number of Topliss-reactive ketones (excluding diaryl/α,β-unsaturated/α-hetero) is 1. The number of anilines is 1. The van der Waals surface area contributed by atoms with Gasteiger partial charge in [0, 0.05) is 32.8 Å². The monoisotopic (exact) mass is 672 g/mol. The molecule has 236 valence electrons. The number of ketones is 1. The van der Waals surface area contributed by atoms with E-state index in [1.807, 2.05) is 0 Å². The summed E-state index contributed by atoms with van der Waals surface area (Å²) in [4.78, 5) is 44.1. The fourth-order valence-electron chi connectivity index (χ4n) is 5.11. The SMILES string of the molecule is COCC(COC)N(c1ccc(Oc2ncc(CC(=O)CBr)cc2C(F)(F)F)cc1C(=O)OC)C(=O)[C@H]1CC[C@H](C)CC1. The van der Waals surface area contributed by atoms with Crippen molar-refractivity contribution in [2.45, 2.75) is 51.2 Å². The number of benzene rings is 1. The second kappa shape index (κ2) is 15.6. The lowest BCUT2D eigenvalue weighted by molar-refractivity contribution is -0.139. The Hall–Kier alpha value is -3.03. The Morgan fingerprint density at radius 2 is 1.70 bits per heavy atom. The second-order valence-electron chi connectivity index (χ2n) is 10.5. The van der Waals surface area contributed by atoms with Gasteiger partial charge in [0.05, 0.1) is 42.9 Å². The standard InChI is InChI=1S/C30H36BrF3N2O7/c1-18-5-7-20(8-6-18)28(38)36(21(16-40-2)17-41-3)26-10-9-23(13-24(26)29(39)42-4)43-27-25(30(32,33)34)12-19(15-35-27)11-22(37)14-31/h9-10,12-13,15,18,20-21H,5-8,11,14,16-17H2,1-4H3/t18-,20-. The van der Waals surface area contributed by atoms with Gasteiger partial charge in [0.1, 0.15) is 17.1 Å². The van der Waals surface area contributed by atoms with E-state index in [4.69, 9.17) is 18.9 Å². The van der Waals surface area contributed by atoms with Crippen molar-refractivity contribution in [2.75, 3.05) is 44.8 Å². The molecular weight excluding hydrogens is 637 g/mol. The van der Waals surface area contributed by atoms with Crippen LogP contribution < -0.4 is 9.64 Å². The van der Waals surface area contributed by atoms with Gasteiger partial charge in [0.2, 0.25) is 11.8 Å². The Morgan fingerprint density at radius 3 is 2.26 bits per heavy atom. The van der Waals surface area contributed by atoms with Crippen molar-refractivity contribution in [3.8, 4) is 11.6 Å². The maximum absolute atomic E-state index is 14.0. The normalized spacial score (nSPS) is 17.0. The Balaban J connectivity index is 2.07. The van der Waals surface area contributed by atoms with Gasteiger partial charge in [-0.25, -0.2) is 9.78 Å². The highest BCUT2D eigenvalue weighted by Crippen LogP contribution is 2.39. The number of hydrogen-bond donors (Lipinski definition) is 0. The van der Waals surface area contributed by atoms with Gasteiger partial charge >= 0.3 is 12.1 Å². The topological polar surface area (TPSA) is 104 Å². The van der Waals surface area contributed by atoms with Crippen LogP contribution in [0.4, 0.5) is 18.9 Å². The molecule has 1 aliphatic carbocycles. The largest absolute Gasteiger partial charge is 0.465 e. The molecular formula is C30H36BrF3N2O7. The van der Waals surface area contributed by atoms with Crippen LogP contribution in [0.2, 0.25) is 0 Å². The number of pyridine rings is 1. The molecule has 0 N–H and O–H groups in total. The molecule has 1 fully saturated rings. The highest BCUT2D eigenvalue weighted by Gasteiger charge is 2.37. The number of carbonyl (C=O) groups is 3. The first-order valence-corrected chi connectivity index (χ1v) is 14.9. The van der Waals surface area contributed by atoms with Crippen molar-refractivity contribution in [2.24, 2.45) is 11.8 Å². The summed E-state index contributed by atoms with van der Waals surface area (Å²) in [5, 5.41) is -0.00966. The van der Waals surface area contributed by atoms with Crippen LogP contribution in [-0.2, 0) is 36.4 Å². The number of carbonyl (C=O) groups excluding carboxylic acids is 3. The molecule has 0 radical (unpaired) electrons. The Bertz CT molecular complexity index is 1280. The van der Waals surface area contributed by atoms with Crippen LogP contribution in [0.3, 0.4) is 0 Å². The predicted molar refractivity (Wildman–Crippen MR) is 156 cm³/mol. The number of nitrogens with zero attached hydrogens (tertiary/aromatic N) is 2. The molecule has 0 atom stereocenters. The number of rotatable bonds is 13. The molecule has 1 heterocycles. The smallest absolute Gasteiger partial charge is 0.421 e. The van der Waals surface area contributed by atoms with E-state index in [0.717, 1.165) is 32.2 Å². The predicted octanol–water partition coefficient (Wildman–Crippen LogP) is 6.01. The van der Waals surface area contributed by atoms with Gasteiger partial charge in [0.25, 0.3) is 0 Å². The lowest BCUT2D eigenvalue weighted by Crippen LogP contribution is -2.49. The Kier molecular flexibility index (Phi) is 12.5. The van der Waals surface area contributed by atoms with Crippen LogP contribution >= 0.6 is 15.9 Å². The quantitative estimate of drug-likeness (QED) is 0.188. The number of alkyl halides is 4. The first-order valence-electron chi connectivity index (χ1n) is 13.8. The molecule has 13 heteroatoms. The number of aromatic nitrogens is 1. The number of methoxy groups -OCH3 is 3. The Labute approximate surface area is 257 Å². The van der Waals surface area contributed by atoms with Crippen LogP contribution in [-0.4, -0.2) is 68.6 Å². The highest BCUT2D eigenvalue weighted by molar-refractivity contribution is 9.09. The van der Waals surface area contributed by atoms with Crippen molar-refractivity contribution in [1.82, 2.24) is 4.98 Å². The van der Waals surface area contributed by atoms with Crippen molar-refractivity contribution >= 4 is 39.3 Å². The van der Waals surface area contributed by atoms with E-state index in [9.17, 15) is 27.6 Å². The summed E-state index contributed by atoms with van der Waals surface area (Å²) in [5.41, 5.74) is -1.01. The molecule has 43 heavy (non-hydrogen) atoms. The second-order valence-corrected chi connectivity index (χ2v) is 11.1. The summed E-state index contributed by atoms with van der Waals surface area (Å²) in [7, 11) is 4.13. The average Bonchev–Trinajstić information content (AvgIpc) is 2.98. The molecule has 1 aromatic carbocycles. The van der Waals surface area contributed by atoms with Gasteiger partial charge in [0.15, 0.2) is 0 Å². The van der Waals surface area contributed by atoms with Crippen LogP contribution in [0.25, 0.3) is 0 Å². The van der Waals surface area contributed by atoms with Crippen molar-refractivity contribution in [1.29, 1.82) is 0 Å². The van der Waals surface area contributed by atoms with Crippen LogP contribution in [0, 0.1) is 11.8 Å². The number of halogens is 4. The van der Waals surface area contributed by atoms with E-state index < -0.39 is 29.6 Å². The van der Waals surface area contributed by atoms with E-state index >= 15 is 0 Å². The molecule has 0 bridgehead atoms. The third-order valence-electron chi connectivity index (χ3n) is 7.30. The zero-order valence-electron chi connectivity index (χ0n) is 24.5. The fourth-order valence-corrected chi connectivity index (χ4v) is 5.30. The minimum atomic E-state index is -4.84. The maximum Gasteiger partial charge on any atom is 0.421 e. The number of ether oxygens (including phenoxy) is 4. The summed E-state index contributed by atoms with van der Waals surface area (Å²) >= 11 is 3.00. The minimum absolute atomic E-state index is 0.00966. The summed E-state index contributed by atoms with van der Waals surface area (Å²) in [6, 6.07) is 4.20. The van der Waals surface area contributed by atoms with Gasteiger partial charge in [-0.1, -0.05) is 22.9 Å². The lowest BCUT2D eigenvalue weighted by Gasteiger charge is -2.36. The minimum Gasteiger partial charge on any atom is -0.465 e. The first kappa shape index (κ1) is 34.5. The van der Waals surface area contributed by atoms with Gasteiger partial charge in [-0.2, -0.15) is 13.2 Å². The van der Waals surface area contributed by atoms with Crippen molar-refractivity contribution in [3.05, 3.63) is 47.2 Å². The van der Waals surface area contributed by atoms with Crippen molar-refractivity contribution < 1.29 is 46.5 Å². The molecule has 1 amide bonds. The molecule has 0 aliphatic heterocycles. The molecule has 2 aromatic rings. The molecule has 1 aromatic heterocycles. The maximum atomic E-state index is 14.0. The van der Waals surface area contributed by atoms with Gasteiger partial charge in [-0.05, 0) is 61.4 Å². The van der Waals surface area contributed by atoms with E-state index in [0.29, 0.717) is 18.8 Å². The first-order chi connectivity index (χ1) is 20.4. The summed E-state index contributed by atoms with van der Waals surface area (Å²) < 4.78 is 63.1. The molecule has 0 unspecified atom stereocenters. The van der Waals surface area contributed by atoms with E-state index in [2.05, 4.69) is 27.8 Å². The summed E-state index contributed by atoms with van der Waals surface area (Å²) in [6.45, 7) is 2.34. The molecule has 1 saturated carbocycles. The third-order valence-corrected chi connectivity index (χ3v) is 7.92. The fraction of sp³-hybridized carbons (Fsp3) is 0.533. The molecule has 9 nitrogen and oxygen atoms in total. The zero-order chi connectivity index (χ0) is 31.7. The summed E-state index contributed by atoms with van der Waals surface area (Å²) in [6.07, 6.45) is -0.810. The molecule has 3 rings (SSSR count). The van der Waals surface area contributed by atoms with Gasteiger partial charge < -0.3 is 23.8 Å². The number of amides is 1. The number of esters is 1. The van der Waals surface area contributed by atoms with E-state index in [-0.39, 0.29) is 65.1 Å². The van der Waals surface area contributed by atoms with Crippen molar-refractivity contribution in [3.63, 3.8) is 0 Å². The highest BCUT2D eigenvalue weighted by atomic mass is 79.9. The van der Waals surface area contributed by atoms with Gasteiger partial charge in [-0.15, -0.1) is 0 Å². The van der Waals surface area contributed by atoms with Crippen LogP contribution in [0.5, 0.6) is 11.6 Å². The zero-order valence-corrected chi connectivity index (χ0v) is 26.1. The summed E-state index contributed by atoms with van der Waals surface area (Å²) in [5.74, 6) is -2.03. The van der Waals surface area contributed by atoms with Gasteiger partial charge in [-0.3, -0.25) is 9.59 Å². The van der Waals surface area contributed by atoms with Crippen LogP contribution in [0.15, 0.2) is 30.5 Å². The average molecular weight is 674 g/mol.